The van der Waals surface area contributed by atoms with Crippen LogP contribution in [-0.4, -0.2) is 67.1 Å². The van der Waals surface area contributed by atoms with E-state index in [0.29, 0.717) is 17.8 Å². The minimum Gasteiger partial charge on any atom is -0.491 e. The highest BCUT2D eigenvalue weighted by Gasteiger charge is 2.38. The number of nitrogens with one attached hydrogen (secondary N) is 1. The van der Waals surface area contributed by atoms with Gasteiger partial charge >= 0.3 is 0 Å². The maximum Gasteiger partial charge on any atom is 0.278 e. The van der Waals surface area contributed by atoms with Gasteiger partial charge in [0.2, 0.25) is 0 Å². The molecule has 0 aromatic heterocycles. The van der Waals surface area contributed by atoms with Gasteiger partial charge in [-0.25, -0.2) is 0 Å². The Morgan fingerprint density at radius 1 is 0.939 bits per heavy atom. The van der Waals surface area contributed by atoms with Crippen molar-refractivity contribution < 1.29 is 19.1 Å². The normalized spacial score (nSPS) is 17.2. The number of ether oxygens (including phenoxy) is 2. The highest BCUT2D eigenvalue weighted by atomic mass is 16.5. The average molecular weight is 450 g/mol. The average Bonchev–Trinajstić information content (AvgIpc) is 3.05. The number of benzene rings is 2. The Kier molecular flexibility index (Phi) is 7.42. The van der Waals surface area contributed by atoms with Crippen LogP contribution in [0.15, 0.2) is 60.3 Å². The fourth-order valence-corrected chi connectivity index (χ4v) is 4.08. The van der Waals surface area contributed by atoms with Crippen LogP contribution in [0.5, 0.6) is 5.75 Å². The van der Waals surface area contributed by atoms with Gasteiger partial charge in [-0.3, -0.25) is 19.4 Å². The van der Waals surface area contributed by atoms with Crippen LogP contribution >= 0.6 is 0 Å². The van der Waals surface area contributed by atoms with Crippen LogP contribution in [0.2, 0.25) is 0 Å². The first kappa shape index (κ1) is 23.0. The minimum atomic E-state index is -0.289. The summed E-state index contributed by atoms with van der Waals surface area (Å²) in [7, 11) is 0. The van der Waals surface area contributed by atoms with Crippen LogP contribution in [0.4, 0.5) is 5.69 Å². The first-order valence-corrected chi connectivity index (χ1v) is 11.5. The summed E-state index contributed by atoms with van der Waals surface area (Å²) in [6.45, 7) is 8.40. The lowest BCUT2D eigenvalue weighted by atomic mass is 10.0. The number of nitrogens with zero attached hydrogens (tertiary/aromatic N) is 2. The van der Waals surface area contributed by atoms with E-state index in [1.807, 2.05) is 68.4 Å². The van der Waals surface area contributed by atoms with Crippen LogP contribution in [0.1, 0.15) is 25.8 Å². The fraction of sp³-hybridized carbons (Fsp3) is 0.385. The molecular weight excluding hydrogens is 418 g/mol. The highest BCUT2D eigenvalue weighted by molar-refractivity contribution is 6.36. The summed E-state index contributed by atoms with van der Waals surface area (Å²) >= 11 is 0. The monoisotopic (exact) mass is 449 g/mol. The second-order valence-corrected chi connectivity index (χ2v) is 8.50. The third-order valence-electron chi connectivity index (χ3n) is 5.69. The van der Waals surface area contributed by atoms with Crippen LogP contribution in [0.3, 0.4) is 0 Å². The van der Waals surface area contributed by atoms with Crippen molar-refractivity contribution in [2.75, 3.05) is 44.7 Å². The molecule has 7 nitrogen and oxygen atoms in total. The molecule has 0 unspecified atom stereocenters. The molecule has 4 rings (SSSR count). The Balaban J connectivity index is 1.51. The SMILES string of the molecule is CC(C)Oc1ccc(NC2=C(c3ccccc3)C(=O)N(CCCN3CCOCC3)C2=O)cc1. The third-order valence-corrected chi connectivity index (χ3v) is 5.69. The molecule has 7 heteroatoms. The first-order chi connectivity index (χ1) is 16.0. The van der Waals surface area contributed by atoms with Crippen molar-refractivity contribution in [1.82, 2.24) is 9.80 Å². The lowest BCUT2D eigenvalue weighted by molar-refractivity contribution is -0.136. The molecule has 2 aromatic rings. The smallest absolute Gasteiger partial charge is 0.278 e. The summed E-state index contributed by atoms with van der Waals surface area (Å²) in [5.41, 5.74) is 2.18. The van der Waals surface area contributed by atoms with E-state index in [2.05, 4.69) is 10.2 Å². The summed E-state index contributed by atoms with van der Waals surface area (Å²) in [5, 5.41) is 3.21. The number of carbonyl (C=O) groups is 2. The number of amides is 2. The molecule has 2 aromatic carbocycles. The van der Waals surface area contributed by atoms with Gasteiger partial charge in [-0.05, 0) is 50.1 Å². The number of imide groups is 1. The van der Waals surface area contributed by atoms with Crippen molar-refractivity contribution in [3.05, 3.63) is 65.9 Å². The molecule has 174 valence electrons. The Bertz CT molecular complexity index is 996. The van der Waals surface area contributed by atoms with Gasteiger partial charge in [0, 0.05) is 31.9 Å². The summed E-state index contributed by atoms with van der Waals surface area (Å²) in [6, 6.07) is 16.8. The molecule has 2 heterocycles. The molecule has 2 amide bonds. The van der Waals surface area contributed by atoms with Gasteiger partial charge in [0.25, 0.3) is 11.8 Å². The maximum absolute atomic E-state index is 13.3. The van der Waals surface area contributed by atoms with Gasteiger partial charge in [0.1, 0.15) is 11.4 Å². The first-order valence-electron chi connectivity index (χ1n) is 11.5. The van der Waals surface area contributed by atoms with Crippen LogP contribution in [0.25, 0.3) is 5.57 Å². The second kappa shape index (κ2) is 10.6. The van der Waals surface area contributed by atoms with E-state index in [4.69, 9.17) is 9.47 Å². The molecule has 2 aliphatic heterocycles. The molecule has 0 saturated carbocycles. The van der Waals surface area contributed by atoms with Gasteiger partial charge < -0.3 is 14.8 Å². The van der Waals surface area contributed by atoms with Crippen LogP contribution in [-0.2, 0) is 14.3 Å². The molecule has 33 heavy (non-hydrogen) atoms. The van der Waals surface area contributed by atoms with Gasteiger partial charge in [-0.15, -0.1) is 0 Å². The molecular formula is C26H31N3O4. The summed E-state index contributed by atoms with van der Waals surface area (Å²) in [6.07, 6.45) is 0.810. The van der Waals surface area contributed by atoms with E-state index in [1.54, 1.807) is 0 Å². The minimum absolute atomic E-state index is 0.0799. The number of carbonyl (C=O) groups excluding carboxylic acids is 2. The zero-order chi connectivity index (χ0) is 23.2. The summed E-state index contributed by atoms with van der Waals surface area (Å²) in [4.78, 5) is 30.3. The van der Waals surface area contributed by atoms with Crippen molar-refractivity contribution >= 4 is 23.1 Å². The number of hydrogen-bond donors (Lipinski definition) is 1. The molecule has 1 N–H and O–H groups in total. The van der Waals surface area contributed by atoms with Crippen molar-refractivity contribution in [3.8, 4) is 5.75 Å². The lowest BCUT2D eigenvalue weighted by Gasteiger charge is -2.27. The molecule has 0 spiro atoms. The predicted octanol–water partition coefficient (Wildman–Crippen LogP) is 3.39. The topological polar surface area (TPSA) is 71.1 Å². The second-order valence-electron chi connectivity index (χ2n) is 8.50. The Labute approximate surface area is 195 Å². The lowest BCUT2D eigenvalue weighted by Crippen LogP contribution is -2.39. The molecule has 0 bridgehead atoms. The number of anilines is 1. The summed E-state index contributed by atoms with van der Waals surface area (Å²) in [5.74, 6) is 0.213. The molecule has 0 aliphatic carbocycles. The molecule has 0 radical (unpaired) electrons. The van der Waals surface area contributed by atoms with Gasteiger partial charge in [0.05, 0.1) is 24.9 Å². The quantitative estimate of drug-likeness (QED) is 0.592. The van der Waals surface area contributed by atoms with Crippen LogP contribution in [0, 0.1) is 0 Å². The van der Waals surface area contributed by atoms with Gasteiger partial charge in [-0.2, -0.15) is 0 Å². The zero-order valence-corrected chi connectivity index (χ0v) is 19.3. The molecule has 0 atom stereocenters. The van der Waals surface area contributed by atoms with Crippen molar-refractivity contribution in [1.29, 1.82) is 0 Å². The standard InChI is InChI=1S/C26H31N3O4/c1-19(2)33-22-11-9-21(10-12-22)27-24-23(20-7-4-3-5-8-20)25(30)29(26(24)31)14-6-13-28-15-17-32-18-16-28/h3-5,7-12,19,27H,6,13-18H2,1-2H3. The number of morpholine rings is 1. The van der Waals surface area contributed by atoms with E-state index >= 15 is 0 Å². The predicted molar refractivity (Wildman–Crippen MR) is 128 cm³/mol. The zero-order valence-electron chi connectivity index (χ0n) is 19.3. The van der Waals surface area contributed by atoms with E-state index in [9.17, 15) is 9.59 Å². The molecule has 2 aliphatic rings. The van der Waals surface area contributed by atoms with Gasteiger partial charge in [0.15, 0.2) is 0 Å². The highest BCUT2D eigenvalue weighted by Crippen LogP contribution is 2.31. The molecule has 1 saturated heterocycles. The van der Waals surface area contributed by atoms with E-state index in [0.717, 1.165) is 56.3 Å². The molecule has 1 fully saturated rings. The van der Waals surface area contributed by atoms with E-state index in [-0.39, 0.29) is 17.9 Å². The number of rotatable bonds is 9. The maximum atomic E-state index is 13.3. The fourth-order valence-electron chi connectivity index (χ4n) is 4.08. The Morgan fingerprint density at radius 2 is 1.64 bits per heavy atom. The summed E-state index contributed by atoms with van der Waals surface area (Å²) < 4.78 is 11.1. The Hall–Kier alpha value is -3.16. The largest absolute Gasteiger partial charge is 0.491 e. The number of hydrogen-bond acceptors (Lipinski definition) is 6. The van der Waals surface area contributed by atoms with E-state index < -0.39 is 0 Å². The van der Waals surface area contributed by atoms with Crippen molar-refractivity contribution in [2.45, 2.75) is 26.4 Å². The van der Waals surface area contributed by atoms with Crippen molar-refractivity contribution in [2.24, 2.45) is 0 Å². The third kappa shape index (κ3) is 5.61. The van der Waals surface area contributed by atoms with Crippen LogP contribution < -0.4 is 10.1 Å². The van der Waals surface area contributed by atoms with E-state index in [1.165, 1.54) is 4.90 Å². The van der Waals surface area contributed by atoms with Crippen molar-refractivity contribution in [3.63, 3.8) is 0 Å². The van der Waals surface area contributed by atoms with Gasteiger partial charge in [-0.1, -0.05) is 30.3 Å². The Morgan fingerprint density at radius 3 is 2.30 bits per heavy atom.